The molecule has 0 unspecified atom stereocenters. The van der Waals surface area contributed by atoms with Crippen molar-refractivity contribution in [2.75, 3.05) is 0 Å². The monoisotopic (exact) mass is 240 g/mol. The highest BCUT2D eigenvalue weighted by molar-refractivity contribution is 5.91. The molecule has 0 bridgehead atoms. The van der Waals surface area contributed by atoms with Gasteiger partial charge in [0.15, 0.2) is 0 Å². The topological polar surface area (TPSA) is 26.3 Å². The van der Waals surface area contributed by atoms with E-state index in [1.54, 1.807) is 0 Å². The molecule has 0 aliphatic carbocycles. The number of ether oxygens (including phenoxy) is 1. The second-order valence-corrected chi connectivity index (χ2v) is 4.07. The van der Waals surface area contributed by atoms with Crippen molar-refractivity contribution in [3.05, 3.63) is 71.3 Å². The molecule has 0 radical (unpaired) electrons. The molecule has 0 N–H and O–H groups in total. The van der Waals surface area contributed by atoms with Gasteiger partial charge in [0.05, 0.1) is 5.56 Å². The summed E-state index contributed by atoms with van der Waals surface area (Å²) in [6.45, 7) is 2.35. The first-order valence-electron chi connectivity index (χ1n) is 6.10. The van der Waals surface area contributed by atoms with Gasteiger partial charge in [0, 0.05) is 0 Å². The lowest BCUT2D eigenvalue weighted by Gasteiger charge is -2.08. The summed E-state index contributed by atoms with van der Waals surface area (Å²) >= 11 is 0. The fraction of sp³-hybridized carbons (Fsp3) is 0.188. The zero-order valence-corrected chi connectivity index (χ0v) is 10.4. The minimum absolute atomic E-state index is 0.253. The van der Waals surface area contributed by atoms with Gasteiger partial charge in [0.2, 0.25) is 0 Å². The van der Waals surface area contributed by atoms with Crippen LogP contribution in [-0.2, 0) is 17.8 Å². The highest BCUT2D eigenvalue weighted by atomic mass is 16.5. The van der Waals surface area contributed by atoms with Gasteiger partial charge in [-0.25, -0.2) is 4.79 Å². The second kappa shape index (κ2) is 6.01. The maximum atomic E-state index is 12.0. The van der Waals surface area contributed by atoms with Crippen LogP contribution in [0, 0.1) is 0 Å². The molecule has 2 rings (SSSR count). The van der Waals surface area contributed by atoms with Gasteiger partial charge in [-0.15, -0.1) is 0 Å². The molecule has 0 spiro atoms. The van der Waals surface area contributed by atoms with E-state index in [2.05, 4.69) is 0 Å². The molecule has 2 aromatic carbocycles. The number of esters is 1. The number of rotatable bonds is 4. The smallest absolute Gasteiger partial charge is 0.338 e. The number of benzene rings is 2. The van der Waals surface area contributed by atoms with Crippen LogP contribution in [0.1, 0.15) is 28.4 Å². The SMILES string of the molecule is CCc1ccccc1C(=O)OCc1ccccc1. The average molecular weight is 240 g/mol. The van der Waals surface area contributed by atoms with Crippen LogP contribution < -0.4 is 0 Å². The van der Waals surface area contributed by atoms with E-state index in [4.69, 9.17) is 4.74 Å². The van der Waals surface area contributed by atoms with E-state index in [1.165, 1.54) is 0 Å². The lowest BCUT2D eigenvalue weighted by molar-refractivity contribution is 0.0471. The molecule has 2 heteroatoms. The fourth-order valence-electron chi connectivity index (χ4n) is 1.83. The summed E-state index contributed by atoms with van der Waals surface area (Å²) in [6, 6.07) is 17.3. The Kier molecular flexibility index (Phi) is 4.13. The quantitative estimate of drug-likeness (QED) is 0.763. The van der Waals surface area contributed by atoms with Crippen LogP contribution in [0.2, 0.25) is 0 Å². The predicted molar refractivity (Wildman–Crippen MR) is 71.4 cm³/mol. The lowest BCUT2D eigenvalue weighted by atomic mass is 10.1. The molecule has 0 atom stereocenters. The predicted octanol–water partition coefficient (Wildman–Crippen LogP) is 3.61. The zero-order valence-electron chi connectivity index (χ0n) is 10.4. The zero-order chi connectivity index (χ0) is 12.8. The van der Waals surface area contributed by atoms with Crippen molar-refractivity contribution in [3.63, 3.8) is 0 Å². The molecule has 18 heavy (non-hydrogen) atoms. The molecule has 0 aliphatic heterocycles. The third-order valence-electron chi connectivity index (χ3n) is 2.83. The van der Waals surface area contributed by atoms with E-state index in [9.17, 15) is 4.79 Å². The van der Waals surface area contributed by atoms with E-state index in [1.807, 2.05) is 61.5 Å². The van der Waals surface area contributed by atoms with Gasteiger partial charge in [-0.1, -0.05) is 55.5 Å². The highest BCUT2D eigenvalue weighted by Crippen LogP contribution is 2.12. The molecular formula is C16H16O2. The second-order valence-electron chi connectivity index (χ2n) is 4.07. The first-order chi connectivity index (χ1) is 8.81. The van der Waals surface area contributed by atoms with Crippen molar-refractivity contribution >= 4 is 5.97 Å². The van der Waals surface area contributed by atoms with Gasteiger partial charge in [-0.2, -0.15) is 0 Å². The van der Waals surface area contributed by atoms with Gasteiger partial charge >= 0.3 is 5.97 Å². The van der Waals surface area contributed by atoms with Gasteiger partial charge in [0.1, 0.15) is 6.61 Å². The number of carbonyl (C=O) groups excluding carboxylic acids is 1. The number of carbonyl (C=O) groups is 1. The van der Waals surface area contributed by atoms with Crippen molar-refractivity contribution in [1.29, 1.82) is 0 Å². The molecular weight excluding hydrogens is 224 g/mol. The first kappa shape index (κ1) is 12.4. The van der Waals surface area contributed by atoms with Crippen LogP contribution in [0.3, 0.4) is 0 Å². The number of hydrogen-bond donors (Lipinski definition) is 0. The Morgan fingerprint density at radius 3 is 2.39 bits per heavy atom. The largest absolute Gasteiger partial charge is 0.457 e. The van der Waals surface area contributed by atoms with E-state index in [0.29, 0.717) is 12.2 Å². The molecule has 92 valence electrons. The van der Waals surface area contributed by atoms with Crippen molar-refractivity contribution in [2.45, 2.75) is 20.0 Å². The van der Waals surface area contributed by atoms with Crippen molar-refractivity contribution in [1.82, 2.24) is 0 Å². The summed E-state index contributed by atoms with van der Waals surface area (Å²) in [5.74, 6) is -0.253. The van der Waals surface area contributed by atoms with Crippen molar-refractivity contribution in [2.24, 2.45) is 0 Å². The van der Waals surface area contributed by atoms with Gasteiger partial charge in [-0.05, 0) is 23.6 Å². The third kappa shape index (κ3) is 2.98. The van der Waals surface area contributed by atoms with Crippen molar-refractivity contribution < 1.29 is 9.53 Å². The van der Waals surface area contributed by atoms with E-state index < -0.39 is 0 Å². The molecule has 0 amide bonds. The first-order valence-corrected chi connectivity index (χ1v) is 6.10. The van der Waals surface area contributed by atoms with Crippen LogP contribution in [-0.4, -0.2) is 5.97 Å². The summed E-state index contributed by atoms with van der Waals surface area (Å²) in [4.78, 5) is 12.0. The maximum Gasteiger partial charge on any atom is 0.338 e. The van der Waals surface area contributed by atoms with Crippen LogP contribution in [0.5, 0.6) is 0 Å². The highest BCUT2D eigenvalue weighted by Gasteiger charge is 2.10. The molecule has 0 aromatic heterocycles. The summed E-state index contributed by atoms with van der Waals surface area (Å²) in [5.41, 5.74) is 2.69. The minimum atomic E-state index is -0.253. The summed E-state index contributed by atoms with van der Waals surface area (Å²) in [7, 11) is 0. The number of hydrogen-bond acceptors (Lipinski definition) is 2. The Hall–Kier alpha value is -2.09. The van der Waals surface area contributed by atoms with Crippen LogP contribution >= 0.6 is 0 Å². The molecule has 2 nitrogen and oxygen atoms in total. The van der Waals surface area contributed by atoms with Gasteiger partial charge in [-0.3, -0.25) is 0 Å². The Morgan fingerprint density at radius 1 is 1.00 bits per heavy atom. The van der Waals surface area contributed by atoms with Gasteiger partial charge in [0.25, 0.3) is 0 Å². The number of aryl methyl sites for hydroxylation is 1. The van der Waals surface area contributed by atoms with E-state index in [0.717, 1.165) is 17.5 Å². The Morgan fingerprint density at radius 2 is 1.67 bits per heavy atom. The molecule has 0 saturated heterocycles. The molecule has 0 heterocycles. The molecule has 0 saturated carbocycles. The maximum absolute atomic E-state index is 12.0. The Balaban J connectivity index is 2.04. The average Bonchev–Trinajstić information content (AvgIpc) is 2.45. The Bertz CT molecular complexity index is 518. The molecule has 0 fully saturated rings. The summed E-state index contributed by atoms with van der Waals surface area (Å²) in [5, 5.41) is 0. The fourth-order valence-corrected chi connectivity index (χ4v) is 1.83. The molecule has 0 aliphatic rings. The third-order valence-corrected chi connectivity index (χ3v) is 2.83. The van der Waals surface area contributed by atoms with Crippen molar-refractivity contribution in [3.8, 4) is 0 Å². The van der Waals surface area contributed by atoms with E-state index in [-0.39, 0.29) is 5.97 Å². The van der Waals surface area contributed by atoms with Crippen LogP contribution in [0.4, 0.5) is 0 Å². The summed E-state index contributed by atoms with van der Waals surface area (Å²) in [6.07, 6.45) is 0.830. The van der Waals surface area contributed by atoms with Crippen LogP contribution in [0.15, 0.2) is 54.6 Å². The van der Waals surface area contributed by atoms with Crippen LogP contribution in [0.25, 0.3) is 0 Å². The van der Waals surface area contributed by atoms with E-state index >= 15 is 0 Å². The lowest BCUT2D eigenvalue weighted by Crippen LogP contribution is -2.08. The minimum Gasteiger partial charge on any atom is -0.457 e. The summed E-state index contributed by atoms with van der Waals surface area (Å²) < 4.78 is 5.32. The van der Waals surface area contributed by atoms with Gasteiger partial charge < -0.3 is 4.74 Å². The molecule has 2 aromatic rings. The Labute approximate surface area is 107 Å². The normalized spacial score (nSPS) is 10.1. The standard InChI is InChI=1S/C16H16O2/c1-2-14-10-6-7-11-15(14)16(17)18-12-13-8-4-3-5-9-13/h3-11H,2,12H2,1H3.